The van der Waals surface area contributed by atoms with E-state index in [-0.39, 0.29) is 25.0 Å². The Morgan fingerprint density at radius 3 is 2.16 bits per heavy atom. The summed E-state index contributed by atoms with van der Waals surface area (Å²) in [5, 5.41) is 3.47. The summed E-state index contributed by atoms with van der Waals surface area (Å²) in [6, 6.07) is 23.2. The van der Waals surface area contributed by atoms with Crippen molar-refractivity contribution in [3.63, 3.8) is 0 Å². The molecule has 1 atom stereocenters. The molecule has 0 fully saturated rings. The third-order valence-electron chi connectivity index (χ3n) is 4.96. The maximum atomic E-state index is 13.3. The maximum absolute atomic E-state index is 13.3. The number of hydrogen-bond donors (Lipinski definition) is 1. The molecule has 0 aliphatic heterocycles. The number of ether oxygens (including phenoxy) is 1. The summed E-state index contributed by atoms with van der Waals surface area (Å²) in [5.74, 6) is -0.226. The van der Waals surface area contributed by atoms with Crippen LogP contribution in [0, 0.1) is 0 Å². The number of nitrogens with one attached hydrogen (secondary N) is 1. The van der Waals surface area contributed by atoms with Gasteiger partial charge in [-0.2, -0.15) is 0 Å². The van der Waals surface area contributed by atoms with Gasteiger partial charge in [0.05, 0.1) is 5.02 Å². The van der Waals surface area contributed by atoms with Crippen molar-refractivity contribution in [2.75, 3.05) is 13.7 Å². The summed E-state index contributed by atoms with van der Waals surface area (Å²) in [6.07, 6.45) is 0.376. The van der Waals surface area contributed by atoms with E-state index >= 15 is 0 Å². The summed E-state index contributed by atoms with van der Waals surface area (Å²) in [6.45, 7) is -0.00122. The van der Waals surface area contributed by atoms with Crippen LogP contribution in [0.1, 0.15) is 11.1 Å². The third kappa shape index (κ3) is 6.49. The van der Waals surface area contributed by atoms with Crippen LogP contribution in [-0.4, -0.2) is 36.4 Å². The minimum atomic E-state index is -0.709. The molecule has 166 valence electrons. The highest BCUT2D eigenvalue weighted by Crippen LogP contribution is 2.27. The van der Waals surface area contributed by atoms with Crippen LogP contribution in [0.2, 0.25) is 10.0 Å². The van der Waals surface area contributed by atoms with Gasteiger partial charge < -0.3 is 15.0 Å². The Bertz CT molecular complexity index is 1050. The largest absolute Gasteiger partial charge is 0.482 e. The molecule has 0 spiro atoms. The van der Waals surface area contributed by atoms with E-state index in [2.05, 4.69) is 5.32 Å². The van der Waals surface area contributed by atoms with E-state index in [0.717, 1.165) is 11.1 Å². The van der Waals surface area contributed by atoms with Crippen LogP contribution in [0.4, 0.5) is 0 Å². The average molecular weight is 471 g/mol. The highest BCUT2D eigenvalue weighted by atomic mass is 35.5. The lowest BCUT2D eigenvalue weighted by molar-refractivity contribution is -0.142. The van der Waals surface area contributed by atoms with Gasteiger partial charge in [0.25, 0.3) is 5.91 Å². The van der Waals surface area contributed by atoms with Crippen molar-refractivity contribution in [2.24, 2.45) is 0 Å². The van der Waals surface area contributed by atoms with Gasteiger partial charge >= 0.3 is 0 Å². The lowest BCUT2D eigenvalue weighted by Crippen LogP contribution is -2.51. The molecule has 0 bridgehead atoms. The molecule has 0 radical (unpaired) electrons. The number of benzene rings is 3. The first-order valence-electron chi connectivity index (χ1n) is 10.1. The Balaban J connectivity index is 1.86. The number of nitrogens with zero attached hydrogens (tertiary/aromatic N) is 1. The summed E-state index contributed by atoms with van der Waals surface area (Å²) in [5.41, 5.74) is 1.86. The maximum Gasteiger partial charge on any atom is 0.261 e. The molecule has 0 saturated carbocycles. The van der Waals surface area contributed by atoms with Crippen molar-refractivity contribution in [2.45, 2.75) is 19.0 Å². The molecular formula is C25H24Cl2N2O3. The minimum Gasteiger partial charge on any atom is -0.482 e. The fraction of sp³-hybridized carbons (Fsp3) is 0.200. The fourth-order valence-electron chi connectivity index (χ4n) is 3.32. The zero-order chi connectivity index (χ0) is 22.9. The lowest BCUT2D eigenvalue weighted by Gasteiger charge is -2.31. The van der Waals surface area contributed by atoms with Crippen LogP contribution in [-0.2, 0) is 22.6 Å². The molecular weight excluding hydrogens is 447 g/mol. The zero-order valence-corrected chi connectivity index (χ0v) is 19.1. The highest BCUT2D eigenvalue weighted by molar-refractivity contribution is 6.35. The van der Waals surface area contributed by atoms with Crippen LogP contribution in [0.15, 0.2) is 78.9 Å². The summed E-state index contributed by atoms with van der Waals surface area (Å²) in [7, 11) is 1.56. The first kappa shape index (κ1) is 23.6. The molecule has 5 nitrogen and oxygen atoms in total. The normalized spacial score (nSPS) is 11.5. The first-order chi connectivity index (χ1) is 15.5. The van der Waals surface area contributed by atoms with Gasteiger partial charge in [-0.25, -0.2) is 0 Å². The summed E-state index contributed by atoms with van der Waals surface area (Å²) >= 11 is 12.1. The number of amides is 2. The number of carbonyl (C=O) groups is 2. The van der Waals surface area contributed by atoms with Gasteiger partial charge in [-0.1, -0.05) is 83.9 Å². The van der Waals surface area contributed by atoms with Gasteiger partial charge in [0.1, 0.15) is 11.8 Å². The number of carbonyl (C=O) groups excluding carboxylic acids is 2. The molecule has 1 N–H and O–H groups in total. The van der Waals surface area contributed by atoms with E-state index in [1.165, 1.54) is 0 Å². The van der Waals surface area contributed by atoms with Gasteiger partial charge in [-0.3, -0.25) is 9.59 Å². The van der Waals surface area contributed by atoms with Crippen molar-refractivity contribution in [1.82, 2.24) is 10.2 Å². The van der Waals surface area contributed by atoms with E-state index in [0.29, 0.717) is 22.2 Å². The molecule has 0 aromatic heterocycles. The quantitative estimate of drug-likeness (QED) is 0.490. The molecule has 0 saturated heterocycles. The zero-order valence-electron chi connectivity index (χ0n) is 17.6. The van der Waals surface area contributed by atoms with Gasteiger partial charge in [0.2, 0.25) is 5.91 Å². The van der Waals surface area contributed by atoms with Crippen molar-refractivity contribution in [1.29, 1.82) is 0 Å². The number of likely N-dealkylation sites (N-methyl/N-ethyl adjacent to an activating group) is 1. The predicted molar refractivity (Wildman–Crippen MR) is 127 cm³/mol. The Morgan fingerprint density at radius 1 is 0.938 bits per heavy atom. The molecule has 0 unspecified atom stereocenters. The summed E-state index contributed by atoms with van der Waals surface area (Å²) < 4.78 is 5.67. The molecule has 3 rings (SSSR count). The molecule has 0 aliphatic rings. The molecule has 7 heteroatoms. The Morgan fingerprint density at radius 2 is 1.56 bits per heavy atom. The van der Waals surface area contributed by atoms with Gasteiger partial charge in [-0.05, 0) is 29.3 Å². The smallest absolute Gasteiger partial charge is 0.261 e. The SMILES string of the molecule is CNC(=O)[C@@H](Cc1ccccc1)N(Cc1ccccc1)C(=O)COc1ccc(Cl)cc1Cl. The highest BCUT2D eigenvalue weighted by Gasteiger charge is 2.30. The Kier molecular flexibility index (Phi) is 8.54. The lowest BCUT2D eigenvalue weighted by atomic mass is 10.0. The predicted octanol–water partition coefficient (Wildman–Crippen LogP) is 4.76. The Hall–Kier alpha value is -3.02. The van der Waals surface area contributed by atoms with Crippen molar-refractivity contribution in [3.8, 4) is 5.75 Å². The average Bonchev–Trinajstić information content (AvgIpc) is 2.81. The van der Waals surface area contributed by atoms with E-state index < -0.39 is 6.04 Å². The van der Waals surface area contributed by atoms with E-state index in [1.807, 2.05) is 60.7 Å². The van der Waals surface area contributed by atoms with Gasteiger partial charge in [-0.15, -0.1) is 0 Å². The van der Waals surface area contributed by atoms with Crippen LogP contribution in [0.3, 0.4) is 0 Å². The van der Waals surface area contributed by atoms with Crippen LogP contribution >= 0.6 is 23.2 Å². The standard InChI is InChI=1S/C25H24Cl2N2O3/c1-28-25(31)22(14-18-8-4-2-5-9-18)29(16-19-10-6-3-7-11-19)24(30)17-32-23-13-12-20(26)15-21(23)27/h2-13,15,22H,14,16-17H2,1H3,(H,28,31)/t22-/m1/s1. The van der Waals surface area contributed by atoms with Gasteiger partial charge in [0, 0.05) is 25.0 Å². The minimum absolute atomic E-state index is 0.248. The van der Waals surface area contributed by atoms with Crippen LogP contribution < -0.4 is 10.1 Å². The van der Waals surface area contributed by atoms with Crippen molar-refractivity contribution < 1.29 is 14.3 Å². The van der Waals surface area contributed by atoms with Gasteiger partial charge in [0.15, 0.2) is 6.61 Å². The number of halogens is 2. The number of rotatable bonds is 9. The monoisotopic (exact) mass is 470 g/mol. The topological polar surface area (TPSA) is 58.6 Å². The van der Waals surface area contributed by atoms with E-state index in [9.17, 15) is 9.59 Å². The summed E-state index contributed by atoms with van der Waals surface area (Å²) in [4.78, 5) is 27.7. The second-order valence-electron chi connectivity index (χ2n) is 7.19. The molecule has 2 amide bonds. The van der Waals surface area contributed by atoms with E-state index in [4.69, 9.17) is 27.9 Å². The van der Waals surface area contributed by atoms with Crippen LogP contribution in [0.25, 0.3) is 0 Å². The second kappa shape index (κ2) is 11.6. The second-order valence-corrected chi connectivity index (χ2v) is 8.03. The number of hydrogen-bond acceptors (Lipinski definition) is 3. The van der Waals surface area contributed by atoms with E-state index in [1.54, 1.807) is 30.1 Å². The third-order valence-corrected chi connectivity index (χ3v) is 5.49. The first-order valence-corrected chi connectivity index (χ1v) is 10.9. The molecule has 3 aromatic carbocycles. The molecule has 0 heterocycles. The molecule has 0 aliphatic carbocycles. The van der Waals surface area contributed by atoms with Crippen molar-refractivity contribution in [3.05, 3.63) is 100 Å². The molecule has 3 aromatic rings. The molecule has 32 heavy (non-hydrogen) atoms. The van der Waals surface area contributed by atoms with Crippen molar-refractivity contribution >= 4 is 35.0 Å². The Labute approximate surface area is 197 Å². The van der Waals surface area contributed by atoms with Crippen LogP contribution in [0.5, 0.6) is 5.75 Å². The fourth-order valence-corrected chi connectivity index (χ4v) is 3.78.